The summed E-state index contributed by atoms with van der Waals surface area (Å²) in [4.78, 5) is 33.1. The van der Waals surface area contributed by atoms with Crippen molar-refractivity contribution in [3.05, 3.63) is 24.3 Å². The summed E-state index contributed by atoms with van der Waals surface area (Å²) in [6, 6.07) is 0. The molecular formula is C12H13F3N4O2. The molecule has 0 saturated carbocycles. The number of aromatic nitrogens is 2. The van der Waals surface area contributed by atoms with Crippen LogP contribution in [0.5, 0.6) is 0 Å². The quantitative estimate of drug-likeness (QED) is 0.766. The monoisotopic (exact) mass is 302 g/mol. The summed E-state index contributed by atoms with van der Waals surface area (Å²) in [7, 11) is 0. The summed E-state index contributed by atoms with van der Waals surface area (Å²) in [5, 5.41) is 0. The fourth-order valence-corrected chi connectivity index (χ4v) is 2.07. The molecule has 1 aromatic rings. The maximum Gasteiger partial charge on any atom is 0.471 e. The minimum atomic E-state index is -4.88. The lowest BCUT2D eigenvalue weighted by molar-refractivity contribution is -0.185. The van der Waals surface area contributed by atoms with Gasteiger partial charge in [0.15, 0.2) is 0 Å². The van der Waals surface area contributed by atoms with Gasteiger partial charge in [0.1, 0.15) is 5.69 Å². The first-order chi connectivity index (χ1) is 9.89. The van der Waals surface area contributed by atoms with E-state index in [2.05, 4.69) is 9.97 Å². The first-order valence-electron chi connectivity index (χ1n) is 6.31. The zero-order chi connectivity index (χ0) is 15.5. The summed E-state index contributed by atoms with van der Waals surface area (Å²) >= 11 is 0. The molecule has 2 heterocycles. The van der Waals surface area contributed by atoms with Crippen molar-refractivity contribution in [3.8, 4) is 0 Å². The topological polar surface area (TPSA) is 66.4 Å². The zero-order valence-electron chi connectivity index (χ0n) is 11.0. The van der Waals surface area contributed by atoms with Crippen LogP contribution in [-0.2, 0) is 4.79 Å². The van der Waals surface area contributed by atoms with Crippen LogP contribution in [-0.4, -0.2) is 63.9 Å². The Balaban J connectivity index is 2.01. The van der Waals surface area contributed by atoms with Gasteiger partial charge in [-0.2, -0.15) is 13.2 Å². The van der Waals surface area contributed by atoms with Crippen molar-refractivity contribution < 1.29 is 22.8 Å². The molecule has 1 aliphatic heterocycles. The van der Waals surface area contributed by atoms with Crippen molar-refractivity contribution in [2.75, 3.05) is 26.2 Å². The summed E-state index contributed by atoms with van der Waals surface area (Å²) in [5.41, 5.74) is 0.132. The van der Waals surface area contributed by atoms with Crippen molar-refractivity contribution in [2.24, 2.45) is 0 Å². The third-order valence-corrected chi connectivity index (χ3v) is 3.10. The Morgan fingerprint density at radius 3 is 2.33 bits per heavy atom. The van der Waals surface area contributed by atoms with Crippen LogP contribution >= 0.6 is 0 Å². The minimum absolute atomic E-state index is 0.0252. The molecule has 1 aliphatic rings. The lowest BCUT2D eigenvalue weighted by Gasteiger charge is -2.22. The van der Waals surface area contributed by atoms with Gasteiger partial charge in [-0.1, -0.05) is 0 Å². The molecule has 2 amide bonds. The van der Waals surface area contributed by atoms with Crippen LogP contribution < -0.4 is 0 Å². The van der Waals surface area contributed by atoms with Crippen LogP contribution in [0.3, 0.4) is 0 Å². The first kappa shape index (κ1) is 15.2. The molecule has 0 aliphatic carbocycles. The van der Waals surface area contributed by atoms with Gasteiger partial charge >= 0.3 is 12.1 Å². The normalized spacial score (nSPS) is 16.5. The second kappa shape index (κ2) is 6.06. The van der Waals surface area contributed by atoms with Crippen LogP contribution in [0.15, 0.2) is 18.6 Å². The zero-order valence-corrected chi connectivity index (χ0v) is 11.0. The highest BCUT2D eigenvalue weighted by atomic mass is 19.4. The number of nitrogens with zero attached hydrogens (tertiary/aromatic N) is 4. The van der Waals surface area contributed by atoms with Crippen molar-refractivity contribution in [3.63, 3.8) is 0 Å². The summed E-state index contributed by atoms with van der Waals surface area (Å²) in [5.74, 6) is -2.26. The number of carbonyl (C=O) groups excluding carboxylic acids is 2. The van der Waals surface area contributed by atoms with Crippen molar-refractivity contribution in [1.82, 2.24) is 19.8 Å². The smallest absolute Gasteiger partial charge is 0.335 e. The molecule has 0 spiro atoms. The molecule has 0 radical (unpaired) electrons. The second-order valence-electron chi connectivity index (χ2n) is 4.53. The molecule has 1 saturated heterocycles. The average molecular weight is 302 g/mol. The molecule has 0 bridgehead atoms. The number of hydrogen-bond acceptors (Lipinski definition) is 4. The van der Waals surface area contributed by atoms with Crippen molar-refractivity contribution in [1.29, 1.82) is 0 Å². The lowest BCUT2D eigenvalue weighted by Crippen LogP contribution is -2.43. The fourth-order valence-electron chi connectivity index (χ4n) is 2.07. The standard InChI is InChI=1S/C12H13F3N4O2/c13-12(14,15)11(21)19-5-1-4-18(6-7-19)10(20)9-8-16-2-3-17-9/h2-3,8H,1,4-7H2. The van der Waals surface area contributed by atoms with E-state index < -0.39 is 18.0 Å². The largest absolute Gasteiger partial charge is 0.471 e. The number of hydrogen-bond donors (Lipinski definition) is 0. The predicted octanol–water partition coefficient (Wildman–Crippen LogP) is 0.713. The molecule has 2 rings (SSSR count). The molecule has 9 heteroatoms. The number of halogens is 3. The molecule has 1 aromatic heterocycles. The van der Waals surface area contributed by atoms with E-state index in [4.69, 9.17) is 0 Å². The predicted molar refractivity (Wildman–Crippen MR) is 65.2 cm³/mol. The Kier molecular flexibility index (Phi) is 4.39. The summed E-state index contributed by atoms with van der Waals surface area (Å²) in [6.45, 7) is 0.140. The Labute approximate surface area is 118 Å². The van der Waals surface area contributed by atoms with E-state index in [0.29, 0.717) is 0 Å². The Morgan fingerprint density at radius 1 is 1.05 bits per heavy atom. The first-order valence-corrected chi connectivity index (χ1v) is 6.31. The lowest BCUT2D eigenvalue weighted by atomic mass is 10.3. The van der Waals surface area contributed by atoms with Gasteiger partial charge < -0.3 is 9.80 Å². The second-order valence-corrected chi connectivity index (χ2v) is 4.53. The molecule has 114 valence electrons. The SMILES string of the molecule is O=C(c1cnccn1)N1CCCN(C(=O)C(F)(F)F)CC1. The van der Waals surface area contributed by atoms with E-state index in [1.165, 1.54) is 23.5 Å². The number of rotatable bonds is 1. The van der Waals surface area contributed by atoms with E-state index in [-0.39, 0.29) is 38.3 Å². The van der Waals surface area contributed by atoms with Gasteiger partial charge in [0.25, 0.3) is 5.91 Å². The molecule has 0 aromatic carbocycles. The maximum absolute atomic E-state index is 12.4. The Hall–Kier alpha value is -2.19. The van der Waals surface area contributed by atoms with E-state index in [9.17, 15) is 22.8 Å². The third-order valence-electron chi connectivity index (χ3n) is 3.10. The molecule has 6 nitrogen and oxygen atoms in total. The Morgan fingerprint density at radius 2 is 1.71 bits per heavy atom. The van der Waals surface area contributed by atoms with Gasteiger partial charge in [-0.05, 0) is 6.42 Å². The van der Waals surface area contributed by atoms with E-state index >= 15 is 0 Å². The highest BCUT2D eigenvalue weighted by Crippen LogP contribution is 2.19. The van der Waals surface area contributed by atoms with E-state index in [0.717, 1.165) is 4.90 Å². The van der Waals surface area contributed by atoms with Crippen LogP contribution in [0.2, 0.25) is 0 Å². The fraction of sp³-hybridized carbons (Fsp3) is 0.500. The average Bonchev–Trinajstić information content (AvgIpc) is 2.71. The van der Waals surface area contributed by atoms with E-state index in [1.54, 1.807) is 0 Å². The van der Waals surface area contributed by atoms with Gasteiger partial charge in [-0.25, -0.2) is 4.98 Å². The van der Waals surface area contributed by atoms with Crippen molar-refractivity contribution in [2.45, 2.75) is 12.6 Å². The maximum atomic E-state index is 12.4. The summed E-state index contributed by atoms with van der Waals surface area (Å²) < 4.78 is 37.2. The van der Waals surface area contributed by atoms with Crippen LogP contribution in [0, 0.1) is 0 Å². The third kappa shape index (κ3) is 3.67. The molecule has 21 heavy (non-hydrogen) atoms. The Bertz CT molecular complexity index is 521. The van der Waals surface area contributed by atoms with Gasteiger partial charge in [0, 0.05) is 38.6 Å². The number of amides is 2. The molecule has 0 unspecified atom stereocenters. The highest BCUT2D eigenvalue weighted by Gasteiger charge is 2.42. The van der Waals surface area contributed by atoms with Crippen LogP contribution in [0.4, 0.5) is 13.2 Å². The van der Waals surface area contributed by atoms with Gasteiger partial charge in [0.05, 0.1) is 6.20 Å². The van der Waals surface area contributed by atoms with E-state index in [1.807, 2.05) is 0 Å². The molecule has 1 fully saturated rings. The molecular weight excluding hydrogens is 289 g/mol. The highest BCUT2D eigenvalue weighted by molar-refractivity contribution is 5.92. The number of carbonyl (C=O) groups is 2. The molecule has 0 N–H and O–H groups in total. The van der Waals surface area contributed by atoms with Crippen molar-refractivity contribution >= 4 is 11.8 Å². The van der Waals surface area contributed by atoms with Gasteiger partial charge in [0.2, 0.25) is 0 Å². The number of alkyl halides is 3. The van der Waals surface area contributed by atoms with Crippen LogP contribution in [0.25, 0.3) is 0 Å². The minimum Gasteiger partial charge on any atom is -0.335 e. The van der Waals surface area contributed by atoms with Gasteiger partial charge in [-0.3, -0.25) is 14.6 Å². The van der Waals surface area contributed by atoms with Gasteiger partial charge in [-0.15, -0.1) is 0 Å². The molecule has 0 atom stereocenters. The summed E-state index contributed by atoms with van der Waals surface area (Å²) in [6.07, 6.45) is -0.517. The van der Waals surface area contributed by atoms with Crippen LogP contribution in [0.1, 0.15) is 16.9 Å².